The minimum Gasteiger partial charge on any atom is -0.478 e. The second-order valence-corrected chi connectivity index (χ2v) is 2.97. The van der Waals surface area contributed by atoms with E-state index in [1.807, 2.05) is 0 Å². The lowest BCUT2D eigenvalue weighted by molar-refractivity contribution is -0.118. The van der Waals surface area contributed by atoms with E-state index in [-0.39, 0.29) is 24.1 Å². The van der Waals surface area contributed by atoms with E-state index in [2.05, 4.69) is 0 Å². The molecule has 6 heteroatoms. The summed E-state index contributed by atoms with van der Waals surface area (Å²) in [6.07, 6.45) is 1.19. The van der Waals surface area contributed by atoms with Crippen LogP contribution in [0.2, 0.25) is 0 Å². The van der Waals surface area contributed by atoms with E-state index in [9.17, 15) is 14.4 Å². The maximum absolute atomic E-state index is 11.2. The fraction of sp³-hybridized carbons (Fsp3) is 0.222. The van der Waals surface area contributed by atoms with Crippen LogP contribution in [0.4, 0.5) is 0 Å². The molecule has 15 heavy (non-hydrogen) atoms. The first kappa shape index (κ1) is 11.0. The maximum Gasteiger partial charge on any atom is 0.337 e. The van der Waals surface area contributed by atoms with Crippen LogP contribution in [0, 0.1) is 0 Å². The SMILES string of the molecule is NC(=O)CCn1cc(C(=O)O)ccc1=O. The lowest BCUT2D eigenvalue weighted by Crippen LogP contribution is -2.23. The van der Waals surface area contributed by atoms with Crippen molar-refractivity contribution in [3.8, 4) is 0 Å². The Morgan fingerprint density at radius 1 is 1.40 bits per heavy atom. The molecule has 0 aliphatic rings. The molecule has 0 aliphatic carbocycles. The van der Waals surface area contributed by atoms with Gasteiger partial charge in [-0.15, -0.1) is 0 Å². The topological polar surface area (TPSA) is 102 Å². The first-order valence-corrected chi connectivity index (χ1v) is 4.23. The van der Waals surface area contributed by atoms with Crippen LogP contribution >= 0.6 is 0 Å². The van der Waals surface area contributed by atoms with Gasteiger partial charge in [0.2, 0.25) is 5.91 Å². The zero-order valence-electron chi connectivity index (χ0n) is 7.84. The molecular weight excluding hydrogens is 200 g/mol. The Morgan fingerprint density at radius 2 is 2.07 bits per heavy atom. The largest absolute Gasteiger partial charge is 0.478 e. The number of nitrogens with zero attached hydrogens (tertiary/aromatic N) is 1. The first-order chi connectivity index (χ1) is 7.00. The van der Waals surface area contributed by atoms with E-state index < -0.39 is 11.9 Å². The minimum atomic E-state index is -1.12. The van der Waals surface area contributed by atoms with Crippen LogP contribution in [0.3, 0.4) is 0 Å². The van der Waals surface area contributed by atoms with Gasteiger partial charge in [-0.1, -0.05) is 0 Å². The predicted molar refractivity (Wildman–Crippen MR) is 51.5 cm³/mol. The first-order valence-electron chi connectivity index (χ1n) is 4.23. The van der Waals surface area contributed by atoms with Gasteiger partial charge in [0.15, 0.2) is 0 Å². The Kier molecular flexibility index (Phi) is 3.22. The smallest absolute Gasteiger partial charge is 0.337 e. The summed E-state index contributed by atoms with van der Waals surface area (Å²) in [5.74, 6) is -1.66. The highest BCUT2D eigenvalue weighted by molar-refractivity contribution is 5.87. The average Bonchev–Trinajstić information content (AvgIpc) is 2.16. The van der Waals surface area contributed by atoms with Crippen molar-refractivity contribution < 1.29 is 14.7 Å². The van der Waals surface area contributed by atoms with Gasteiger partial charge in [0.25, 0.3) is 5.56 Å². The molecule has 0 bridgehead atoms. The van der Waals surface area contributed by atoms with Crippen molar-refractivity contribution in [2.45, 2.75) is 13.0 Å². The van der Waals surface area contributed by atoms with Crippen LogP contribution in [0.15, 0.2) is 23.1 Å². The number of rotatable bonds is 4. The van der Waals surface area contributed by atoms with Crippen LogP contribution in [0.1, 0.15) is 16.8 Å². The van der Waals surface area contributed by atoms with E-state index >= 15 is 0 Å². The number of aromatic nitrogens is 1. The van der Waals surface area contributed by atoms with Crippen LogP contribution in [-0.2, 0) is 11.3 Å². The zero-order valence-corrected chi connectivity index (χ0v) is 7.84. The Hall–Kier alpha value is -2.11. The molecule has 1 amide bonds. The molecule has 0 aliphatic heterocycles. The number of pyridine rings is 1. The molecule has 1 aromatic heterocycles. The number of carbonyl (C=O) groups excluding carboxylic acids is 1. The summed E-state index contributed by atoms with van der Waals surface area (Å²) in [5.41, 5.74) is 4.56. The molecule has 3 N–H and O–H groups in total. The van der Waals surface area contributed by atoms with Crippen LogP contribution in [0.25, 0.3) is 0 Å². The fourth-order valence-corrected chi connectivity index (χ4v) is 1.06. The molecule has 0 saturated heterocycles. The van der Waals surface area contributed by atoms with Crippen molar-refractivity contribution in [1.82, 2.24) is 4.57 Å². The van der Waals surface area contributed by atoms with Gasteiger partial charge in [0.1, 0.15) is 0 Å². The van der Waals surface area contributed by atoms with E-state index in [1.54, 1.807) is 0 Å². The highest BCUT2D eigenvalue weighted by Crippen LogP contribution is 1.96. The number of nitrogens with two attached hydrogens (primary N) is 1. The van der Waals surface area contributed by atoms with Gasteiger partial charge in [0, 0.05) is 25.2 Å². The number of carboxylic acid groups (broad SMARTS) is 1. The molecule has 0 aromatic carbocycles. The van der Waals surface area contributed by atoms with Gasteiger partial charge in [-0.2, -0.15) is 0 Å². The van der Waals surface area contributed by atoms with E-state index in [0.29, 0.717) is 0 Å². The molecule has 0 unspecified atom stereocenters. The molecule has 0 saturated carbocycles. The summed E-state index contributed by atoms with van der Waals surface area (Å²) in [6.45, 7) is 0.0925. The number of amides is 1. The van der Waals surface area contributed by atoms with Gasteiger partial charge in [0.05, 0.1) is 5.56 Å². The Balaban J connectivity index is 2.95. The molecule has 1 aromatic rings. The monoisotopic (exact) mass is 210 g/mol. The third-order valence-electron chi connectivity index (χ3n) is 1.83. The number of carbonyl (C=O) groups is 2. The summed E-state index contributed by atoms with van der Waals surface area (Å²) in [5, 5.41) is 8.67. The molecular formula is C9H10N2O4. The lowest BCUT2D eigenvalue weighted by atomic mass is 10.3. The van der Waals surface area contributed by atoms with Crippen LogP contribution in [0.5, 0.6) is 0 Å². The maximum atomic E-state index is 11.2. The molecule has 0 spiro atoms. The van der Waals surface area contributed by atoms with Gasteiger partial charge in [-0.25, -0.2) is 4.79 Å². The van der Waals surface area contributed by atoms with E-state index in [4.69, 9.17) is 10.8 Å². The highest BCUT2D eigenvalue weighted by atomic mass is 16.4. The number of hydrogen-bond acceptors (Lipinski definition) is 3. The number of primary amides is 1. The van der Waals surface area contributed by atoms with Crippen molar-refractivity contribution >= 4 is 11.9 Å². The standard InChI is InChI=1S/C9H10N2O4/c10-7(12)3-4-11-5-6(9(14)15)1-2-8(11)13/h1-2,5H,3-4H2,(H2,10,12)(H,14,15). The van der Waals surface area contributed by atoms with E-state index in [1.165, 1.54) is 12.3 Å². The lowest BCUT2D eigenvalue weighted by Gasteiger charge is -2.04. The van der Waals surface area contributed by atoms with Gasteiger partial charge in [-0.05, 0) is 6.07 Å². The van der Waals surface area contributed by atoms with Gasteiger partial charge < -0.3 is 15.4 Å². The third-order valence-corrected chi connectivity index (χ3v) is 1.83. The van der Waals surface area contributed by atoms with Crippen molar-refractivity contribution in [1.29, 1.82) is 0 Å². The van der Waals surface area contributed by atoms with Crippen LogP contribution < -0.4 is 11.3 Å². The summed E-state index contributed by atoms with van der Waals surface area (Å²) in [4.78, 5) is 32.3. The molecule has 1 heterocycles. The fourth-order valence-electron chi connectivity index (χ4n) is 1.06. The van der Waals surface area contributed by atoms with Crippen molar-refractivity contribution in [2.24, 2.45) is 5.73 Å². The number of hydrogen-bond donors (Lipinski definition) is 2. The zero-order chi connectivity index (χ0) is 11.4. The Labute approximate surface area is 84.9 Å². The third kappa shape index (κ3) is 2.94. The average molecular weight is 210 g/mol. The predicted octanol–water partition coefficient (Wildman–Crippen LogP) is -0.578. The molecule has 80 valence electrons. The number of aromatic carboxylic acids is 1. The van der Waals surface area contributed by atoms with Crippen LogP contribution in [-0.4, -0.2) is 21.6 Å². The second-order valence-electron chi connectivity index (χ2n) is 2.97. The summed E-state index contributed by atoms with van der Waals surface area (Å²) < 4.78 is 1.15. The molecule has 6 nitrogen and oxygen atoms in total. The second kappa shape index (κ2) is 4.41. The Bertz CT molecular complexity index is 450. The molecule has 0 atom stereocenters. The summed E-state index contributed by atoms with van der Waals surface area (Å²) in [6, 6.07) is 2.36. The van der Waals surface area contributed by atoms with Crippen molar-refractivity contribution in [3.63, 3.8) is 0 Å². The number of aryl methyl sites for hydroxylation is 1. The molecule has 1 rings (SSSR count). The molecule has 0 radical (unpaired) electrons. The quantitative estimate of drug-likeness (QED) is 0.694. The van der Waals surface area contributed by atoms with Crippen molar-refractivity contribution in [3.05, 3.63) is 34.2 Å². The van der Waals surface area contributed by atoms with Gasteiger partial charge >= 0.3 is 5.97 Å². The summed E-state index contributed by atoms with van der Waals surface area (Å²) in [7, 11) is 0. The Morgan fingerprint density at radius 3 is 2.60 bits per heavy atom. The number of carboxylic acids is 1. The summed E-state index contributed by atoms with van der Waals surface area (Å²) >= 11 is 0. The highest BCUT2D eigenvalue weighted by Gasteiger charge is 2.05. The normalized spacial score (nSPS) is 9.87. The minimum absolute atomic E-state index is 0.000861. The van der Waals surface area contributed by atoms with Gasteiger partial charge in [-0.3, -0.25) is 9.59 Å². The molecule has 0 fully saturated rings. The van der Waals surface area contributed by atoms with E-state index in [0.717, 1.165) is 10.6 Å². The van der Waals surface area contributed by atoms with Crippen molar-refractivity contribution in [2.75, 3.05) is 0 Å².